The predicted octanol–water partition coefficient (Wildman–Crippen LogP) is 3.61. The lowest BCUT2D eigenvalue weighted by Gasteiger charge is -2.09. The van der Waals surface area contributed by atoms with E-state index in [0.29, 0.717) is 5.75 Å². The molecule has 21 heavy (non-hydrogen) atoms. The van der Waals surface area contributed by atoms with Gasteiger partial charge in [-0.25, -0.2) is 4.79 Å². The van der Waals surface area contributed by atoms with Gasteiger partial charge in [-0.15, -0.1) is 0 Å². The molecule has 0 aliphatic carbocycles. The van der Waals surface area contributed by atoms with Crippen molar-refractivity contribution in [2.75, 3.05) is 6.61 Å². The highest BCUT2D eigenvalue weighted by Gasteiger charge is 2.06. The van der Waals surface area contributed by atoms with Crippen molar-refractivity contribution in [3.05, 3.63) is 65.7 Å². The van der Waals surface area contributed by atoms with Crippen LogP contribution in [0.1, 0.15) is 25.0 Å². The quantitative estimate of drug-likeness (QED) is 0.760. The first-order chi connectivity index (χ1) is 10.1. The van der Waals surface area contributed by atoms with Crippen LogP contribution in [0.2, 0.25) is 0 Å². The fraction of sp³-hybridized carbons (Fsp3) is 0.278. The largest absolute Gasteiger partial charge is 0.482 e. The van der Waals surface area contributed by atoms with Crippen LogP contribution in [-0.4, -0.2) is 18.7 Å². The van der Waals surface area contributed by atoms with Gasteiger partial charge in [-0.05, 0) is 43.5 Å². The number of esters is 1. The molecule has 110 valence electrons. The molecule has 0 heterocycles. The minimum atomic E-state index is -0.349. The van der Waals surface area contributed by atoms with Gasteiger partial charge in [0, 0.05) is 0 Å². The monoisotopic (exact) mass is 284 g/mol. The number of hydrogen-bond acceptors (Lipinski definition) is 3. The molecule has 2 rings (SSSR count). The highest BCUT2D eigenvalue weighted by molar-refractivity contribution is 5.71. The predicted molar refractivity (Wildman–Crippen MR) is 82.4 cm³/mol. The third kappa shape index (κ3) is 5.30. The summed E-state index contributed by atoms with van der Waals surface area (Å²) in [7, 11) is 0. The Labute approximate surface area is 125 Å². The molecule has 3 heteroatoms. The van der Waals surface area contributed by atoms with Crippen LogP contribution in [-0.2, 0) is 16.0 Å². The average Bonchev–Trinajstić information content (AvgIpc) is 2.47. The van der Waals surface area contributed by atoms with Gasteiger partial charge in [0.25, 0.3) is 0 Å². The van der Waals surface area contributed by atoms with Crippen LogP contribution in [0.15, 0.2) is 54.6 Å². The third-order valence-electron chi connectivity index (χ3n) is 2.90. The van der Waals surface area contributed by atoms with Crippen LogP contribution in [0.3, 0.4) is 0 Å². The molecule has 0 spiro atoms. The van der Waals surface area contributed by atoms with Crippen molar-refractivity contribution in [3.63, 3.8) is 0 Å². The summed E-state index contributed by atoms with van der Waals surface area (Å²) in [6.07, 6.45) is 0.769. The van der Waals surface area contributed by atoms with Gasteiger partial charge in [-0.3, -0.25) is 0 Å². The number of carbonyl (C=O) groups is 1. The van der Waals surface area contributed by atoms with Gasteiger partial charge in [0.1, 0.15) is 5.75 Å². The van der Waals surface area contributed by atoms with Crippen LogP contribution in [0.4, 0.5) is 0 Å². The second-order valence-corrected chi connectivity index (χ2v) is 5.13. The maximum Gasteiger partial charge on any atom is 0.344 e. The lowest BCUT2D eigenvalue weighted by molar-refractivity contribution is -0.149. The molecule has 0 aromatic heterocycles. The van der Waals surface area contributed by atoms with Crippen molar-refractivity contribution in [1.29, 1.82) is 0 Å². The van der Waals surface area contributed by atoms with Crippen molar-refractivity contribution in [1.82, 2.24) is 0 Å². The molecule has 0 amide bonds. The molecule has 0 atom stereocenters. The second kappa shape index (κ2) is 7.48. The molecule has 0 aliphatic rings. The van der Waals surface area contributed by atoms with Gasteiger partial charge in [-0.2, -0.15) is 0 Å². The normalized spacial score (nSPS) is 10.4. The molecule has 0 radical (unpaired) electrons. The summed E-state index contributed by atoms with van der Waals surface area (Å²) in [6, 6.07) is 18.1. The van der Waals surface area contributed by atoms with Gasteiger partial charge in [0.15, 0.2) is 6.61 Å². The summed E-state index contributed by atoms with van der Waals surface area (Å²) in [5, 5.41) is 0. The summed E-state index contributed by atoms with van der Waals surface area (Å²) in [5.74, 6) is 0.325. The van der Waals surface area contributed by atoms with E-state index in [1.165, 1.54) is 11.1 Å². The van der Waals surface area contributed by atoms with Crippen molar-refractivity contribution < 1.29 is 14.3 Å². The Balaban J connectivity index is 1.86. The lowest BCUT2D eigenvalue weighted by Crippen LogP contribution is -2.18. The van der Waals surface area contributed by atoms with Crippen LogP contribution >= 0.6 is 0 Å². The van der Waals surface area contributed by atoms with Gasteiger partial charge >= 0.3 is 5.97 Å². The zero-order valence-corrected chi connectivity index (χ0v) is 12.4. The fourth-order valence-corrected chi connectivity index (χ4v) is 1.97. The van der Waals surface area contributed by atoms with E-state index in [1.807, 2.05) is 56.3 Å². The molecule has 0 unspecified atom stereocenters. The second-order valence-electron chi connectivity index (χ2n) is 5.13. The molecule has 2 aromatic carbocycles. The summed E-state index contributed by atoms with van der Waals surface area (Å²) in [4.78, 5) is 11.4. The smallest absolute Gasteiger partial charge is 0.344 e. The Morgan fingerprint density at radius 3 is 2.19 bits per heavy atom. The molecular formula is C18H20O3. The Kier molecular flexibility index (Phi) is 5.38. The summed E-state index contributed by atoms with van der Waals surface area (Å²) >= 11 is 0. The SMILES string of the molecule is CC(C)OC(=O)COc1ccc(Cc2ccccc2)cc1. The van der Waals surface area contributed by atoms with Gasteiger partial charge < -0.3 is 9.47 Å². The van der Waals surface area contributed by atoms with Crippen LogP contribution < -0.4 is 4.74 Å². The number of rotatable bonds is 6. The molecule has 0 saturated carbocycles. The summed E-state index contributed by atoms with van der Waals surface area (Å²) < 4.78 is 10.4. The van der Waals surface area contributed by atoms with Gasteiger partial charge in [0.05, 0.1) is 6.10 Å². The number of hydrogen-bond donors (Lipinski definition) is 0. The number of ether oxygens (including phenoxy) is 2. The van der Waals surface area contributed by atoms with E-state index in [9.17, 15) is 4.79 Å². The van der Waals surface area contributed by atoms with E-state index in [1.54, 1.807) is 0 Å². The minimum absolute atomic E-state index is 0.0593. The standard InChI is InChI=1S/C18H20O3/c1-14(2)21-18(19)13-20-17-10-8-16(9-11-17)12-15-6-4-3-5-7-15/h3-11,14H,12-13H2,1-2H3. The van der Waals surface area contributed by atoms with E-state index in [2.05, 4.69) is 12.1 Å². The maximum absolute atomic E-state index is 11.4. The first-order valence-electron chi connectivity index (χ1n) is 7.08. The van der Waals surface area contributed by atoms with E-state index >= 15 is 0 Å². The highest BCUT2D eigenvalue weighted by atomic mass is 16.6. The number of carbonyl (C=O) groups excluding carboxylic acids is 1. The van der Waals surface area contributed by atoms with Crippen molar-refractivity contribution in [3.8, 4) is 5.75 Å². The van der Waals surface area contributed by atoms with Crippen molar-refractivity contribution in [2.45, 2.75) is 26.4 Å². The van der Waals surface area contributed by atoms with Crippen LogP contribution in [0.5, 0.6) is 5.75 Å². The van der Waals surface area contributed by atoms with Gasteiger partial charge in [-0.1, -0.05) is 42.5 Å². The highest BCUT2D eigenvalue weighted by Crippen LogP contribution is 2.15. The van der Waals surface area contributed by atoms with E-state index in [0.717, 1.165) is 6.42 Å². The fourth-order valence-electron chi connectivity index (χ4n) is 1.97. The topological polar surface area (TPSA) is 35.5 Å². The Hall–Kier alpha value is -2.29. The van der Waals surface area contributed by atoms with Gasteiger partial charge in [0.2, 0.25) is 0 Å². The molecule has 2 aromatic rings. The minimum Gasteiger partial charge on any atom is -0.482 e. The zero-order chi connectivity index (χ0) is 15.1. The average molecular weight is 284 g/mol. The third-order valence-corrected chi connectivity index (χ3v) is 2.90. The Morgan fingerprint density at radius 1 is 0.952 bits per heavy atom. The lowest BCUT2D eigenvalue weighted by atomic mass is 10.1. The molecule has 0 bridgehead atoms. The summed E-state index contributed by atoms with van der Waals surface area (Å²) in [5.41, 5.74) is 2.48. The van der Waals surface area contributed by atoms with E-state index in [4.69, 9.17) is 9.47 Å². The first kappa shape index (κ1) is 15.1. The van der Waals surface area contributed by atoms with E-state index in [-0.39, 0.29) is 18.7 Å². The molecule has 0 saturated heterocycles. The summed E-state index contributed by atoms with van der Waals surface area (Å²) in [6.45, 7) is 3.57. The molecule has 0 fully saturated rings. The van der Waals surface area contributed by atoms with E-state index < -0.39 is 0 Å². The van der Waals surface area contributed by atoms with Crippen molar-refractivity contribution >= 4 is 5.97 Å². The van der Waals surface area contributed by atoms with Crippen LogP contribution in [0, 0.1) is 0 Å². The zero-order valence-electron chi connectivity index (χ0n) is 12.4. The van der Waals surface area contributed by atoms with Crippen LogP contribution in [0.25, 0.3) is 0 Å². The maximum atomic E-state index is 11.4. The molecule has 0 N–H and O–H groups in total. The Morgan fingerprint density at radius 2 is 1.57 bits per heavy atom. The van der Waals surface area contributed by atoms with Crippen molar-refractivity contribution in [2.24, 2.45) is 0 Å². The first-order valence-corrected chi connectivity index (χ1v) is 7.08. The Bertz CT molecular complexity index is 559. The molecular weight excluding hydrogens is 264 g/mol. The molecule has 0 aliphatic heterocycles. The molecule has 3 nitrogen and oxygen atoms in total. The number of benzene rings is 2.